The number of likely N-dealkylation sites (tertiary alicyclic amines) is 1. The number of nitrogens with zero attached hydrogens (tertiary/aromatic N) is 2. The molecule has 140 valence electrons. The van der Waals surface area contributed by atoms with Crippen molar-refractivity contribution in [1.29, 1.82) is 0 Å². The van der Waals surface area contributed by atoms with Crippen LogP contribution in [0.15, 0.2) is 41.8 Å². The number of benzene rings is 1. The van der Waals surface area contributed by atoms with Crippen LogP contribution in [0.5, 0.6) is 0 Å². The lowest BCUT2D eigenvalue weighted by molar-refractivity contribution is 0.169. The Labute approximate surface area is 160 Å². The fourth-order valence-corrected chi connectivity index (χ4v) is 4.17. The van der Waals surface area contributed by atoms with Gasteiger partial charge >= 0.3 is 6.03 Å². The molecule has 0 aliphatic carbocycles. The van der Waals surface area contributed by atoms with Gasteiger partial charge in [0.25, 0.3) is 0 Å². The summed E-state index contributed by atoms with van der Waals surface area (Å²) in [7, 11) is 0. The summed E-state index contributed by atoms with van der Waals surface area (Å²) in [6, 6.07) is 13.1. The number of aryl methyl sites for hydroxylation is 1. The third-order valence-electron chi connectivity index (χ3n) is 5.17. The monoisotopic (exact) mass is 371 g/mol. The van der Waals surface area contributed by atoms with Gasteiger partial charge in [-0.15, -0.1) is 11.3 Å². The summed E-state index contributed by atoms with van der Waals surface area (Å²) in [5, 5.41) is 5.30. The summed E-state index contributed by atoms with van der Waals surface area (Å²) < 4.78 is 0. The fourth-order valence-electron chi connectivity index (χ4n) is 3.45. The molecule has 1 N–H and O–H groups in total. The van der Waals surface area contributed by atoms with Gasteiger partial charge in [0.15, 0.2) is 0 Å². The minimum Gasteiger partial charge on any atom is -0.335 e. The molecule has 0 unspecified atom stereocenters. The molecule has 2 aromatic rings. The van der Waals surface area contributed by atoms with Gasteiger partial charge in [-0.3, -0.25) is 4.90 Å². The molecule has 1 fully saturated rings. The molecule has 1 aromatic carbocycles. The second-order valence-corrected chi connectivity index (χ2v) is 8.05. The van der Waals surface area contributed by atoms with Gasteiger partial charge in [-0.05, 0) is 49.3 Å². The molecular weight excluding hydrogens is 342 g/mol. The van der Waals surface area contributed by atoms with Crippen molar-refractivity contribution in [2.45, 2.75) is 45.8 Å². The number of hydrogen-bond acceptors (Lipinski definition) is 3. The number of nitrogens with one attached hydrogen (secondary N) is 1. The van der Waals surface area contributed by atoms with Gasteiger partial charge in [-0.25, -0.2) is 4.79 Å². The Kier molecular flexibility index (Phi) is 6.69. The van der Waals surface area contributed by atoms with Crippen LogP contribution in [-0.2, 0) is 13.1 Å². The van der Waals surface area contributed by atoms with E-state index in [4.69, 9.17) is 0 Å². The molecule has 0 saturated carbocycles. The highest BCUT2D eigenvalue weighted by atomic mass is 32.1. The van der Waals surface area contributed by atoms with Crippen LogP contribution in [0.2, 0.25) is 0 Å². The van der Waals surface area contributed by atoms with Crippen molar-refractivity contribution in [1.82, 2.24) is 15.1 Å². The van der Waals surface area contributed by atoms with Crippen LogP contribution >= 0.6 is 11.3 Å². The molecule has 5 heteroatoms. The van der Waals surface area contributed by atoms with Crippen molar-refractivity contribution >= 4 is 17.4 Å². The minimum absolute atomic E-state index is 0.0678. The normalized spacial score (nSPS) is 15.8. The van der Waals surface area contributed by atoms with Crippen LogP contribution in [0.3, 0.4) is 0 Å². The molecule has 26 heavy (non-hydrogen) atoms. The highest BCUT2D eigenvalue weighted by Crippen LogP contribution is 2.17. The average molecular weight is 372 g/mol. The summed E-state index contributed by atoms with van der Waals surface area (Å²) in [5.41, 5.74) is 2.76. The number of urea groups is 1. The average Bonchev–Trinajstić information content (AvgIpc) is 3.16. The van der Waals surface area contributed by atoms with E-state index in [2.05, 4.69) is 52.9 Å². The van der Waals surface area contributed by atoms with Crippen LogP contribution in [0, 0.1) is 6.92 Å². The fraction of sp³-hybridized carbons (Fsp3) is 0.476. The van der Waals surface area contributed by atoms with Gasteiger partial charge in [0.2, 0.25) is 0 Å². The van der Waals surface area contributed by atoms with Crippen LogP contribution in [0.1, 0.15) is 35.8 Å². The van der Waals surface area contributed by atoms with Crippen molar-refractivity contribution in [2.75, 3.05) is 19.6 Å². The molecule has 0 bridgehead atoms. The van der Waals surface area contributed by atoms with Crippen LogP contribution in [0.25, 0.3) is 0 Å². The summed E-state index contributed by atoms with van der Waals surface area (Å²) in [4.78, 5) is 18.2. The maximum Gasteiger partial charge on any atom is 0.317 e. The molecule has 4 nitrogen and oxygen atoms in total. The number of carbonyl (C=O) groups is 1. The topological polar surface area (TPSA) is 35.6 Å². The van der Waals surface area contributed by atoms with E-state index in [1.165, 1.54) is 16.0 Å². The first-order chi connectivity index (χ1) is 12.7. The zero-order chi connectivity index (χ0) is 18.4. The van der Waals surface area contributed by atoms with Gasteiger partial charge in [0.1, 0.15) is 0 Å². The maximum atomic E-state index is 12.6. The van der Waals surface area contributed by atoms with Crippen molar-refractivity contribution in [3.05, 3.63) is 57.8 Å². The Morgan fingerprint density at radius 2 is 2.00 bits per heavy atom. The summed E-state index contributed by atoms with van der Waals surface area (Å²) in [6.07, 6.45) is 2.04. The number of amides is 2. The van der Waals surface area contributed by atoms with Crippen LogP contribution in [-0.4, -0.2) is 41.5 Å². The zero-order valence-corrected chi connectivity index (χ0v) is 16.6. The molecule has 3 rings (SSSR count). The number of thiophene rings is 1. The van der Waals surface area contributed by atoms with Crippen molar-refractivity contribution in [3.63, 3.8) is 0 Å². The number of hydrogen-bond donors (Lipinski definition) is 1. The van der Waals surface area contributed by atoms with Gasteiger partial charge in [0, 0.05) is 37.1 Å². The second kappa shape index (κ2) is 9.19. The lowest BCUT2D eigenvalue weighted by Crippen LogP contribution is -2.48. The van der Waals surface area contributed by atoms with Gasteiger partial charge in [0.05, 0.1) is 6.54 Å². The Balaban J connectivity index is 1.45. The number of piperidine rings is 1. The van der Waals surface area contributed by atoms with Crippen LogP contribution < -0.4 is 5.32 Å². The molecule has 1 aromatic heterocycles. The molecule has 0 atom stereocenters. The first-order valence-corrected chi connectivity index (χ1v) is 10.4. The molecule has 2 heterocycles. The van der Waals surface area contributed by atoms with Crippen molar-refractivity contribution < 1.29 is 4.79 Å². The predicted molar refractivity (Wildman–Crippen MR) is 108 cm³/mol. The predicted octanol–water partition coefficient (Wildman–Crippen LogP) is 4.25. The lowest BCUT2D eigenvalue weighted by atomic mass is 10.0. The van der Waals surface area contributed by atoms with Gasteiger partial charge in [-0.1, -0.05) is 30.3 Å². The van der Waals surface area contributed by atoms with Gasteiger partial charge in [-0.2, -0.15) is 0 Å². The van der Waals surface area contributed by atoms with E-state index in [0.29, 0.717) is 6.54 Å². The van der Waals surface area contributed by atoms with Crippen molar-refractivity contribution in [3.8, 4) is 0 Å². The highest BCUT2D eigenvalue weighted by Gasteiger charge is 2.23. The quantitative estimate of drug-likeness (QED) is 0.824. The molecule has 1 aliphatic rings. The molecule has 0 radical (unpaired) electrons. The SMILES string of the molecule is CCN(Cc1cccs1)C(=O)NC1CCN(Cc2ccccc2C)CC1. The lowest BCUT2D eigenvalue weighted by Gasteiger charge is -2.34. The second-order valence-electron chi connectivity index (χ2n) is 7.02. The van der Waals surface area contributed by atoms with Gasteiger partial charge < -0.3 is 10.2 Å². The molecule has 1 aliphatic heterocycles. The summed E-state index contributed by atoms with van der Waals surface area (Å²) in [5.74, 6) is 0. The summed E-state index contributed by atoms with van der Waals surface area (Å²) >= 11 is 1.70. The Hall–Kier alpha value is -1.85. The molecular formula is C21H29N3OS. The van der Waals surface area contributed by atoms with Crippen LogP contribution in [0.4, 0.5) is 4.79 Å². The molecule has 2 amide bonds. The standard InChI is InChI=1S/C21H29N3OS/c1-3-24(16-20-9-6-14-26-20)21(25)22-19-10-12-23(13-11-19)15-18-8-5-4-7-17(18)2/h4-9,14,19H,3,10-13,15-16H2,1-2H3,(H,22,25). The Morgan fingerprint density at radius 1 is 1.23 bits per heavy atom. The largest absolute Gasteiger partial charge is 0.335 e. The molecule has 0 spiro atoms. The third-order valence-corrected chi connectivity index (χ3v) is 6.03. The van der Waals surface area contributed by atoms with E-state index in [-0.39, 0.29) is 12.1 Å². The van der Waals surface area contributed by atoms with E-state index < -0.39 is 0 Å². The Morgan fingerprint density at radius 3 is 2.65 bits per heavy atom. The molecule has 1 saturated heterocycles. The summed E-state index contributed by atoms with van der Waals surface area (Å²) in [6.45, 7) is 8.73. The first-order valence-electron chi connectivity index (χ1n) is 9.50. The third kappa shape index (κ3) is 5.08. The number of carbonyl (C=O) groups excluding carboxylic acids is 1. The van der Waals surface area contributed by atoms with E-state index in [9.17, 15) is 4.79 Å². The first kappa shape index (κ1) is 18.9. The highest BCUT2D eigenvalue weighted by molar-refractivity contribution is 7.09. The van der Waals surface area contributed by atoms with E-state index in [1.807, 2.05) is 17.9 Å². The van der Waals surface area contributed by atoms with E-state index in [1.54, 1.807) is 11.3 Å². The Bertz CT molecular complexity index is 693. The van der Waals surface area contributed by atoms with Crippen molar-refractivity contribution in [2.24, 2.45) is 0 Å². The number of rotatable bonds is 6. The zero-order valence-electron chi connectivity index (χ0n) is 15.8. The smallest absolute Gasteiger partial charge is 0.317 e. The van der Waals surface area contributed by atoms with E-state index >= 15 is 0 Å². The van der Waals surface area contributed by atoms with E-state index in [0.717, 1.165) is 39.0 Å². The maximum absolute atomic E-state index is 12.6. The minimum atomic E-state index is 0.0678.